The molecule has 6 nitrogen and oxygen atoms in total. The summed E-state index contributed by atoms with van der Waals surface area (Å²) in [7, 11) is -1.32. The molecule has 1 aliphatic carbocycles. The largest absolute Gasteiger partial charge is 0.390 e. The van der Waals surface area contributed by atoms with Gasteiger partial charge in [-0.3, -0.25) is 0 Å². The van der Waals surface area contributed by atoms with E-state index >= 15 is 0 Å². The van der Waals surface area contributed by atoms with Crippen molar-refractivity contribution in [3.8, 4) is 0 Å². The second-order valence-corrected chi connectivity index (χ2v) is 9.20. The number of fused-ring (bicyclic) bond motifs is 1. The van der Waals surface area contributed by atoms with Gasteiger partial charge in [0.05, 0.1) is 24.1 Å². The molecule has 3 rings (SSSR count). The molecule has 2 aliphatic heterocycles. The molecule has 0 aromatic rings. The van der Waals surface area contributed by atoms with Crippen LogP contribution in [0.2, 0.25) is 0 Å². The standard InChI is InChI=1S/C15H28N2O4S/c1-16-8-9-21-14(11-16)12-22(19,20)17-7-6-15(18)5-3-2-4-13(15)10-17/h13-14,18H,2-12H2,1H3. The summed E-state index contributed by atoms with van der Waals surface area (Å²) in [6.45, 7) is 3.04. The topological polar surface area (TPSA) is 70.1 Å². The van der Waals surface area contributed by atoms with Crippen LogP contribution in [0.4, 0.5) is 0 Å². The van der Waals surface area contributed by atoms with Crippen LogP contribution in [-0.2, 0) is 14.8 Å². The average molecular weight is 332 g/mol. The summed E-state index contributed by atoms with van der Waals surface area (Å²) < 4.78 is 32.6. The number of ether oxygens (including phenoxy) is 1. The Balaban J connectivity index is 1.63. The van der Waals surface area contributed by atoms with E-state index < -0.39 is 15.6 Å². The smallest absolute Gasteiger partial charge is 0.216 e. The maximum Gasteiger partial charge on any atom is 0.216 e. The van der Waals surface area contributed by atoms with Gasteiger partial charge in [-0.15, -0.1) is 0 Å². The minimum absolute atomic E-state index is 0.0580. The number of nitrogens with zero attached hydrogens (tertiary/aromatic N) is 2. The van der Waals surface area contributed by atoms with Crippen LogP contribution in [0, 0.1) is 5.92 Å². The molecule has 128 valence electrons. The Hall–Kier alpha value is -0.210. The first kappa shape index (κ1) is 16.6. The fourth-order valence-electron chi connectivity index (χ4n) is 4.10. The van der Waals surface area contributed by atoms with Crippen LogP contribution in [0.15, 0.2) is 0 Å². The van der Waals surface area contributed by atoms with Gasteiger partial charge in [0.1, 0.15) is 0 Å². The van der Waals surface area contributed by atoms with E-state index in [1.807, 2.05) is 7.05 Å². The van der Waals surface area contributed by atoms with Crippen molar-refractivity contribution >= 4 is 10.0 Å². The van der Waals surface area contributed by atoms with Gasteiger partial charge in [0.15, 0.2) is 0 Å². The van der Waals surface area contributed by atoms with Gasteiger partial charge in [0.2, 0.25) is 10.0 Å². The van der Waals surface area contributed by atoms with Gasteiger partial charge in [0, 0.05) is 32.1 Å². The lowest BCUT2D eigenvalue weighted by Gasteiger charge is -2.47. The Morgan fingerprint density at radius 3 is 2.82 bits per heavy atom. The summed E-state index contributed by atoms with van der Waals surface area (Å²) in [5.74, 6) is 0.155. The van der Waals surface area contributed by atoms with Crippen LogP contribution in [0.3, 0.4) is 0 Å². The fraction of sp³-hybridized carbons (Fsp3) is 1.00. The van der Waals surface area contributed by atoms with E-state index in [0.29, 0.717) is 32.7 Å². The second-order valence-electron chi connectivity index (χ2n) is 7.19. The number of rotatable bonds is 3. The molecule has 0 radical (unpaired) electrons. The third-order valence-corrected chi connectivity index (χ3v) is 7.43. The number of aliphatic hydroxyl groups is 1. The van der Waals surface area contributed by atoms with Crippen molar-refractivity contribution in [1.82, 2.24) is 9.21 Å². The Morgan fingerprint density at radius 2 is 2.05 bits per heavy atom. The van der Waals surface area contributed by atoms with Gasteiger partial charge >= 0.3 is 0 Å². The Labute approximate surface area is 133 Å². The maximum absolute atomic E-state index is 12.7. The van der Waals surface area contributed by atoms with E-state index in [9.17, 15) is 13.5 Å². The Morgan fingerprint density at radius 1 is 1.23 bits per heavy atom. The average Bonchev–Trinajstić information content (AvgIpc) is 2.45. The van der Waals surface area contributed by atoms with Crippen molar-refractivity contribution in [2.45, 2.75) is 43.8 Å². The maximum atomic E-state index is 12.7. The molecule has 22 heavy (non-hydrogen) atoms. The predicted octanol–water partition coefficient (Wildman–Crippen LogP) is 0.274. The first-order valence-corrected chi connectivity index (χ1v) is 10.0. The van der Waals surface area contributed by atoms with Crippen molar-refractivity contribution in [2.75, 3.05) is 45.6 Å². The Bertz CT molecular complexity index is 498. The molecule has 0 aromatic heterocycles. The molecule has 3 aliphatic rings. The molecule has 3 atom stereocenters. The molecular weight excluding hydrogens is 304 g/mol. The van der Waals surface area contributed by atoms with Gasteiger partial charge < -0.3 is 14.7 Å². The summed E-state index contributed by atoms with van der Waals surface area (Å²) in [4.78, 5) is 2.11. The summed E-state index contributed by atoms with van der Waals surface area (Å²) in [6.07, 6.45) is 4.24. The van der Waals surface area contributed by atoms with Crippen molar-refractivity contribution in [3.05, 3.63) is 0 Å². The lowest BCUT2D eigenvalue weighted by atomic mass is 9.72. The molecule has 0 amide bonds. The van der Waals surface area contributed by atoms with Gasteiger partial charge in [-0.05, 0) is 26.3 Å². The molecule has 1 N–H and O–H groups in total. The number of likely N-dealkylation sites (N-methyl/N-ethyl adjacent to an activating group) is 1. The van der Waals surface area contributed by atoms with E-state index in [2.05, 4.69) is 4.90 Å². The highest BCUT2D eigenvalue weighted by atomic mass is 32.2. The highest BCUT2D eigenvalue weighted by Gasteiger charge is 2.45. The number of piperidine rings is 1. The fourth-order valence-corrected chi connectivity index (χ4v) is 5.76. The van der Waals surface area contributed by atoms with Crippen molar-refractivity contribution in [1.29, 1.82) is 0 Å². The summed E-state index contributed by atoms with van der Waals surface area (Å²) in [5, 5.41) is 10.7. The third-order valence-electron chi connectivity index (χ3n) is 5.52. The zero-order valence-electron chi connectivity index (χ0n) is 13.4. The number of hydrogen-bond donors (Lipinski definition) is 1. The molecule has 0 bridgehead atoms. The molecule has 3 unspecified atom stereocenters. The van der Waals surface area contributed by atoms with Gasteiger partial charge in [-0.1, -0.05) is 12.8 Å². The summed E-state index contributed by atoms with van der Waals surface area (Å²) in [6, 6.07) is 0. The van der Waals surface area contributed by atoms with Crippen molar-refractivity contribution in [2.24, 2.45) is 5.92 Å². The predicted molar refractivity (Wildman–Crippen MR) is 84.1 cm³/mol. The molecule has 1 saturated carbocycles. The van der Waals surface area contributed by atoms with Crippen LogP contribution in [0.1, 0.15) is 32.1 Å². The zero-order chi connectivity index (χ0) is 15.8. The number of morpholine rings is 1. The normalized spacial score (nSPS) is 38.6. The quantitative estimate of drug-likeness (QED) is 0.804. The monoisotopic (exact) mass is 332 g/mol. The SMILES string of the molecule is CN1CCOC(CS(=O)(=O)N2CCC3(O)CCCCC3C2)C1. The Kier molecular flexibility index (Phi) is 4.81. The summed E-state index contributed by atoms with van der Waals surface area (Å²) >= 11 is 0. The second kappa shape index (κ2) is 6.36. The van der Waals surface area contributed by atoms with Crippen LogP contribution in [0.5, 0.6) is 0 Å². The van der Waals surface area contributed by atoms with Crippen molar-refractivity contribution < 1.29 is 18.3 Å². The summed E-state index contributed by atoms with van der Waals surface area (Å²) in [5.41, 5.74) is -0.633. The van der Waals surface area contributed by atoms with Crippen LogP contribution < -0.4 is 0 Å². The molecule has 0 aromatic carbocycles. The number of sulfonamides is 1. The molecule has 2 heterocycles. The van der Waals surface area contributed by atoms with E-state index in [-0.39, 0.29) is 17.8 Å². The van der Waals surface area contributed by atoms with Gasteiger partial charge in [0.25, 0.3) is 0 Å². The molecule has 3 fully saturated rings. The van der Waals surface area contributed by atoms with E-state index in [1.165, 1.54) is 0 Å². The van der Waals surface area contributed by atoms with E-state index in [1.54, 1.807) is 4.31 Å². The van der Waals surface area contributed by atoms with Crippen LogP contribution in [-0.4, -0.2) is 80.0 Å². The molecule has 7 heteroatoms. The molecule has 0 spiro atoms. The molecular formula is C15H28N2O4S. The first-order chi connectivity index (χ1) is 10.4. The van der Waals surface area contributed by atoms with Crippen LogP contribution >= 0.6 is 0 Å². The molecule has 2 saturated heterocycles. The van der Waals surface area contributed by atoms with Crippen molar-refractivity contribution in [3.63, 3.8) is 0 Å². The minimum Gasteiger partial charge on any atom is -0.390 e. The lowest BCUT2D eigenvalue weighted by molar-refractivity contribution is -0.0819. The third kappa shape index (κ3) is 3.48. The lowest BCUT2D eigenvalue weighted by Crippen LogP contribution is -2.56. The van der Waals surface area contributed by atoms with E-state index in [0.717, 1.165) is 32.2 Å². The van der Waals surface area contributed by atoms with Gasteiger partial charge in [-0.2, -0.15) is 0 Å². The minimum atomic E-state index is -3.31. The first-order valence-electron chi connectivity index (χ1n) is 8.39. The number of hydrogen-bond acceptors (Lipinski definition) is 5. The van der Waals surface area contributed by atoms with Crippen LogP contribution in [0.25, 0.3) is 0 Å². The van der Waals surface area contributed by atoms with E-state index in [4.69, 9.17) is 4.74 Å². The highest BCUT2D eigenvalue weighted by molar-refractivity contribution is 7.89. The highest BCUT2D eigenvalue weighted by Crippen LogP contribution is 2.40. The zero-order valence-corrected chi connectivity index (χ0v) is 14.2. The van der Waals surface area contributed by atoms with Gasteiger partial charge in [-0.25, -0.2) is 12.7 Å².